The number of anilines is 5. The smallest absolute Gasteiger partial charge is 0.338 e. The largest absolute Gasteiger partial charge is 0.374 e. The van der Waals surface area contributed by atoms with Crippen LogP contribution in [0.15, 0.2) is 127 Å². The van der Waals surface area contributed by atoms with E-state index in [1.165, 1.54) is 75.0 Å². The van der Waals surface area contributed by atoms with E-state index in [0.717, 1.165) is 45.6 Å². The van der Waals surface area contributed by atoms with Crippen molar-refractivity contribution < 1.29 is 9.13 Å². The van der Waals surface area contributed by atoms with Crippen LogP contribution in [0.1, 0.15) is 40.0 Å². The van der Waals surface area contributed by atoms with Gasteiger partial charge in [0, 0.05) is 12.2 Å². The monoisotopic (exact) mass is 646 g/mol. The number of benzene rings is 5. The highest BCUT2D eigenvalue weighted by atomic mass is 15.3. The molecule has 246 valence electrons. The molecule has 2 aliphatic heterocycles. The molecule has 2 aromatic heterocycles. The Bertz CT molecular complexity index is 2180. The summed E-state index contributed by atoms with van der Waals surface area (Å²) in [5.41, 5.74) is 11.6. The van der Waals surface area contributed by atoms with Gasteiger partial charge in [-0.1, -0.05) is 80.6 Å². The number of aromatic nitrogens is 4. The highest BCUT2D eigenvalue weighted by Crippen LogP contribution is 2.51. The third-order valence-electron chi connectivity index (χ3n) is 10.4. The van der Waals surface area contributed by atoms with Crippen molar-refractivity contribution in [1.29, 1.82) is 0 Å². The first-order valence-electron chi connectivity index (χ1n) is 17.7. The maximum atomic E-state index is 2.61. The van der Waals surface area contributed by atoms with Crippen LogP contribution in [0.3, 0.4) is 0 Å². The van der Waals surface area contributed by atoms with Crippen molar-refractivity contribution in [2.75, 3.05) is 16.3 Å². The van der Waals surface area contributed by atoms with Crippen LogP contribution in [0.2, 0.25) is 0 Å². The molecule has 6 nitrogen and oxygen atoms in total. The van der Waals surface area contributed by atoms with Gasteiger partial charge in [-0.25, -0.2) is 18.3 Å². The van der Waals surface area contributed by atoms with Gasteiger partial charge in [0.15, 0.2) is 22.1 Å². The number of unbranched alkanes of at least 4 members (excludes halogenated alkanes) is 3. The van der Waals surface area contributed by atoms with Gasteiger partial charge in [0.25, 0.3) is 0 Å². The normalized spacial score (nSPS) is 13.2. The fraction of sp³-hybridized carbons (Fsp3) is 0.256. The molecule has 0 saturated heterocycles. The molecule has 7 aromatic rings. The van der Waals surface area contributed by atoms with Crippen molar-refractivity contribution in [3.63, 3.8) is 0 Å². The summed E-state index contributed by atoms with van der Waals surface area (Å²) in [5, 5.41) is 0. The maximum absolute atomic E-state index is 2.61. The van der Waals surface area contributed by atoms with E-state index in [-0.39, 0.29) is 7.43 Å². The Morgan fingerprint density at radius 3 is 1.55 bits per heavy atom. The highest BCUT2D eigenvalue weighted by Gasteiger charge is 2.41. The zero-order valence-electron chi connectivity index (χ0n) is 27.7. The van der Waals surface area contributed by atoms with Gasteiger partial charge in [-0.05, 0) is 86.8 Å². The Labute approximate surface area is 289 Å². The molecule has 5 aromatic carbocycles. The maximum Gasteiger partial charge on any atom is 0.374 e. The SMILES string of the molecule is C.CCn1c2[n+](c3ccccc31)CC[n+]1c-2n(CCCCCCN2c3ccccc3N(c3ccccc3)c3ccccc32)c2ccccc21. The summed E-state index contributed by atoms with van der Waals surface area (Å²) in [4.78, 5) is 4.95. The van der Waals surface area contributed by atoms with Gasteiger partial charge in [-0.2, -0.15) is 0 Å². The van der Waals surface area contributed by atoms with Crippen LogP contribution in [-0.4, -0.2) is 15.7 Å². The molecule has 0 spiro atoms. The predicted octanol–water partition coefficient (Wildman–Crippen LogP) is 9.69. The molecule has 9 rings (SSSR count). The zero-order chi connectivity index (χ0) is 32.0. The van der Waals surface area contributed by atoms with E-state index in [1.54, 1.807) is 0 Å². The van der Waals surface area contributed by atoms with Crippen LogP contribution in [0, 0.1) is 0 Å². The predicted molar refractivity (Wildman–Crippen MR) is 202 cm³/mol. The number of hydrogen-bond donors (Lipinski definition) is 0. The van der Waals surface area contributed by atoms with Gasteiger partial charge < -0.3 is 9.80 Å². The third-order valence-corrected chi connectivity index (χ3v) is 10.4. The first-order chi connectivity index (χ1) is 23.8. The minimum Gasteiger partial charge on any atom is -0.338 e. The summed E-state index contributed by atoms with van der Waals surface area (Å²) in [5.74, 6) is 2.69. The third kappa shape index (κ3) is 5.00. The van der Waals surface area contributed by atoms with Crippen molar-refractivity contribution >= 4 is 50.5 Å². The van der Waals surface area contributed by atoms with E-state index < -0.39 is 0 Å². The van der Waals surface area contributed by atoms with Crippen LogP contribution >= 0.6 is 0 Å². The molecule has 2 aliphatic rings. The number of hydrogen-bond acceptors (Lipinski definition) is 2. The quantitative estimate of drug-likeness (QED) is 0.115. The number of aryl methyl sites for hydroxylation is 4. The van der Waals surface area contributed by atoms with E-state index in [2.05, 4.69) is 162 Å². The first kappa shape index (κ1) is 30.9. The Morgan fingerprint density at radius 2 is 0.959 bits per heavy atom. The second-order valence-corrected chi connectivity index (χ2v) is 13.0. The van der Waals surface area contributed by atoms with E-state index in [4.69, 9.17) is 0 Å². The summed E-state index contributed by atoms with van der Waals surface area (Å²) in [7, 11) is 0. The van der Waals surface area contributed by atoms with Crippen LogP contribution < -0.4 is 18.9 Å². The molecule has 0 atom stereocenters. The molecule has 0 bridgehead atoms. The van der Waals surface area contributed by atoms with Gasteiger partial charge in [-0.3, -0.25) is 0 Å². The lowest BCUT2D eigenvalue weighted by molar-refractivity contribution is -0.772. The number of fused-ring (bicyclic) bond motifs is 9. The van der Waals surface area contributed by atoms with Crippen molar-refractivity contribution in [2.45, 2.75) is 66.2 Å². The fourth-order valence-electron chi connectivity index (χ4n) is 8.28. The summed E-state index contributed by atoms with van der Waals surface area (Å²) < 4.78 is 10.3. The summed E-state index contributed by atoms with van der Waals surface area (Å²) in [6, 6.07) is 46.4. The minimum absolute atomic E-state index is 0. The molecule has 4 heterocycles. The van der Waals surface area contributed by atoms with Gasteiger partial charge in [0.1, 0.15) is 13.1 Å². The van der Waals surface area contributed by atoms with Crippen molar-refractivity contribution in [1.82, 2.24) is 9.13 Å². The van der Waals surface area contributed by atoms with Crippen molar-refractivity contribution in [3.8, 4) is 11.6 Å². The number of imidazole rings is 2. The van der Waals surface area contributed by atoms with Crippen molar-refractivity contribution in [3.05, 3.63) is 127 Å². The average Bonchev–Trinajstić information content (AvgIpc) is 3.65. The van der Waals surface area contributed by atoms with Gasteiger partial charge >= 0.3 is 11.6 Å². The Hall–Kier alpha value is -5.36. The molecule has 0 fully saturated rings. The van der Waals surface area contributed by atoms with Gasteiger partial charge in [0.05, 0.1) is 35.8 Å². The first-order valence-corrected chi connectivity index (χ1v) is 17.7. The minimum atomic E-state index is 0. The average molecular weight is 647 g/mol. The lowest BCUT2D eigenvalue weighted by Crippen LogP contribution is -2.53. The number of para-hydroxylation sites is 9. The van der Waals surface area contributed by atoms with Crippen LogP contribution in [0.5, 0.6) is 0 Å². The molecule has 0 amide bonds. The summed E-state index contributed by atoms with van der Waals surface area (Å²) in [6.07, 6.45) is 4.72. The van der Waals surface area contributed by atoms with Gasteiger partial charge in [-0.15, -0.1) is 0 Å². The summed E-state index contributed by atoms with van der Waals surface area (Å²) >= 11 is 0. The molecule has 0 aliphatic carbocycles. The molecule has 0 radical (unpaired) electrons. The van der Waals surface area contributed by atoms with Crippen LogP contribution in [0.25, 0.3) is 33.7 Å². The number of nitrogens with zero attached hydrogens (tertiary/aromatic N) is 6. The summed E-state index contributed by atoms with van der Waals surface area (Å²) in [6.45, 7) is 7.26. The fourth-order valence-corrected chi connectivity index (χ4v) is 8.28. The number of rotatable bonds is 9. The topological polar surface area (TPSA) is 24.1 Å². The highest BCUT2D eigenvalue weighted by molar-refractivity contribution is 5.97. The molecular weight excluding hydrogens is 601 g/mol. The molecule has 0 unspecified atom stereocenters. The Morgan fingerprint density at radius 1 is 0.490 bits per heavy atom. The second kappa shape index (κ2) is 12.9. The van der Waals surface area contributed by atoms with Crippen LogP contribution in [-0.2, 0) is 26.2 Å². The zero-order valence-corrected chi connectivity index (χ0v) is 27.7. The van der Waals surface area contributed by atoms with Crippen LogP contribution in [0.4, 0.5) is 28.4 Å². The molecule has 0 N–H and O–H groups in total. The van der Waals surface area contributed by atoms with Crippen molar-refractivity contribution in [2.24, 2.45) is 0 Å². The lowest BCUT2D eigenvalue weighted by atomic mass is 10.0. The Balaban J connectivity index is 0.00000348. The lowest BCUT2D eigenvalue weighted by Gasteiger charge is -2.40. The van der Waals surface area contributed by atoms with Gasteiger partial charge in [0.2, 0.25) is 0 Å². The van der Waals surface area contributed by atoms with E-state index in [1.807, 2.05) is 0 Å². The second-order valence-electron chi connectivity index (χ2n) is 13.0. The molecule has 0 saturated carbocycles. The molecule has 6 heteroatoms. The molecular formula is C43H46N6+2. The molecule has 49 heavy (non-hydrogen) atoms. The van der Waals surface area contributed by atoms with E-state index in [9.17, 15) is 0 Å². The van der Waals surface area contributed by atoms with E-state index in [0.29, 0.717) is 0 Å². The Kier molecular flexibility index (Phi) is 8.16. The standard InChI is InChI=1S/C42H42N6.CH4/c1-2-43-33-20-8-9-21-34(33)46-30-31-47-36-23-11-10-22-35(36)45(42(47)41(43)46)29-17-4-3-16-28-44-37-24-12-14-26-39(37)48(32-18-6-5-7-19-32)40-27-15-13-25-38(40)44;/h5-15,18-27H,2-4,16-17,28-31H2,1H3;1H4/q+2;. The van der Waals surface area contributed by atoms with E-state index >= 15 is 0 Å².